The van der Waals surface area contributed by atoms with Gasteiger partial charge in [0.15, 0.2) is 0 Å². The lowest BCUT2D eigenvalue weighted by Gasteiger charge is -2.43. The fraction of sp³-hybridized carbons (Fsp3) is 1.00. The fourth-order valence-corrected chi connectivity index (χ4v) is 4.31. The molecular formula is C17H34N4. The van der Waals surface area contributed by atoms with Crippen molar-refractivity contribution < 1.29 is 0 Å². The van der Waals surface area contributed by atoms with Crippen LogP contribution in [0.2, 0.25) is 0 Å². The molecule has 0 aliphatic carbocycles. The molecule has 0 aromatic rings. The Labute approximate surface area is 130 Å². The van der Waals surface area contributed by atoms with Gasteiger partial charge in [-0.2, -0.15) is 0 Å². The summed E-state index contributed by atoms with van der Waals surface area (Å²) in [6.07, 6.45) is 5.48. The molecule has 0 aromatic heterocycles. The number of likely N-dealkylation sites (tertiary alicyclic amines) is 1. The first kappa shape index (κ1) is 15.7. The van der Waals surface area contributed by atoms with E-state index in [1.807, 2.05) is 0 Å². The Bertz CT molecular complexity index is 293. The van der Waals surface area contributed by atoms with Gasteiger partial charge in [-0.05, 0) is 70.2 Å². The van der Waals surface area contributed by atoms with Crippen LogP contribution in [0.15, 0.2) is 0 Å². The summed E-state index contributed by atoms with van der Waals surface area (Å²) in [6, 6.07) is 0.762. The second-order valence-corrected chi connectivity index (χ2v) is 7.44. The Morgan fingerprint density at radius 1 is 0.905 bits per heavy atom. The van der Waals surface area contributed by atoms with Crippen molar-refractivity contribution >= 4 is 0 Å². The van der Waals surface area contributed by atoms with Crippen LogP contribution in [-0.2, 0) is 0 Å². The Morgan fingerprint density at radius 3 is 2.62 bits per heavy atom. The maximum atomic E-state index is 3.65. The van der Waals surface area contributed by atoms with Crippen LogP contribution in [-0.4, -0.2) is 74.7 Å². The monoisotopic (exact) mass is 294 g/mol. The van der Waals surface area contributed by atoms with Crippen molar-refractivity contribution in [2.24, 2.45) is 11.8 Å². The summed E-state index contributed by atoms with van der Waals surface area (Å²) in [5.74, 6) is 1.82. The van der Waals surface area contributed by atoms with Crippen LogP contribution in [0, 0.1) is 11.8 Å². The summed E-state index contributed by atoms with van der Waals surface area (Å²) >= 11 is 0. The van der Waals surface area contributed by atoms with Crippen LogP contribution in [0.5, 0.6) is 0 Å². The van der Waals surface area contributed by atoms with Gasteiger partial charge in [-0.15, -0.1) is 0 Å². The molecule has 0 radical (unpaired) electrons. The highest BCUT2D eigenvalue weighted by molar-refractivity contribution is 4.89. The Morgan fingerprint density at radius 2 is 1.76 bits per heavy atom. The number of hydrogen-bond acceptors (Lipinski definition) is 4. The predicted octanol–water partition coefficient (Wildman–Crippen LogP) is 0.992. The molecule has 4 heteroatoms. The minimum absolute atomic E-state index is 0.762. The lowest BCUT2D eigenvalue weighted by Crippen LogP contribution is -2.55. The maximum absolute atomic E-state index is 3.65. The highest BCUT2D eigenvalue weighted by atomic mass is 15.2. The third-order valence-corrected chi connectivity index (χ3v) is 5.80. The van der Waals surface area contributed by atoms with E-state index in [9.17, 15) is 0 Å². The molecular weight excluding hydrogens is 260 g/mol. The van der Waals surface area contributed by atoms with Gasteiger partial charge in [-0.1, -0.05) is 6.92 Å². The van der Waals surface area contributed by atoms with Crippen molar-refractivity contribution in [2.45, 2.75) is 38.6 Å². The minimum atomic E-state index is 0.762. The SMILES string of the molecule is CC1CCN(CC2CCNCC2N2CCCNCC2)CC1. The van der Waals surface area contributed by atoms with Crippen molar-refractivity contribution in [3.8, 4) is 0 Å². The molecule has 3 aliphatic heterocycles. The first-order valence-corrected chi connectivity index (χ1v) is 9.21. The molecule has 3 fully saturated rings. The molecule has 21 heavy (non-hydrogen) atoms. The van der Waals surface area contributed by atoms with E-state index in [0.29, 0.717) is 0 Å². The zero-order valence-electron chi connectivity index (χ0n) is 13.8. The third kappa shape index (κ3) is 4.41. The third-order valence-electron chi connectivity index (χ3n) is 5.80. The van der Waals surface area contributed by atoms with Crippen LogP contribution in [0.3, 0.4) is 0 Å². The largest absolute Gasteiger partial charge is 0.315 e. The molecule has 2 atom stereocenters. The van der Waals surface area contributed by atoms with Gasteiger partial charge < -0.3 is 15.5 Å². The average molecular weight is 294 g/mol. The van der Waals surface area contributed by atoms with Gasteiger partial charge in [0.05, 0.1) is 0 Å². The first-order chi connectivity index (χ1) is 10.3. The average Bonchev–Trinajstić information content (AvgIpc) is 2.79. The number of piperidine rings is 2. The van der Waals surface area contributed by atoms with E-state index in [1.54, 1.807) is 0 Å². The highest BCUT2D eigenvalue weighted by Crippen LogP contribution is 2.23. The van der Waals surface area contributed by atoms with E-state index >= 15 is 0 Å². The molecule has 2 unspecified atom stereocenters. The number of nitrogens with zero attached hydrogens (tertiary/aromatic N) is 2. The molecule has 0 spiro atoms. The summed E-state index contributed by atoms with van der Waals surface area (Å²) in [7, 11) is 0. The molecule has 3 aliphatic rings. The van der Waals surface area contributed by atoms with Crippen LogP contribution >= 0.6 is 0 Å². The van der Waals surface area contributed by atoms with Crippen molar-refractivity contribution in [1.82, 2.24) is 20.4 Å². The maximum Gasteiger partial charge on any atom is 0.0262 e. The number of nitrogens with one attached hydrogen (secondary N) is 2. The minimum Gasteiger partial charge on any atom is -0.315 e. The van der Waals surface area contributed by atoms with Crippen LogP contribution < -0.4 is 10.6 Å². The fourth-order valence-electron chi connectivity index (χ4n) is 4.31. The van der Waals surface area contributed by atoms with Gasteiger partial charge in [0.1, 0.15) is 0 Å². The first-order valence-electron chi connectivity index (χ1n) is 9.21. The molecule has 122 valence electrons. The summed E-state index contributed by atoms with van der Waals surface area (Å²) in [4.78, 5) is 5.52. The molecule has 3 saturated heterocycles. The lowest BCUT2D eigenvalue weighted by atomic mass is 9.89. The van der Waals surface area contributed by atoms with Crippen molar-refractivity contribution in [3.05, 3.63) is 0 Å². The van der Waals surface area contributed by atoms with Crippen LogP contribution in [0.4, 0.5) is 0 Å². The Kier molecular flexibility index (Phi) is 5.92. The molecule has 4 nitrogen and oxygen atoms in total. The van der Waals surface area contributed by atoms with Crippen LogP contribution in [0.1, 0.15) is 32.6 Å². The van der Waals surface area contributed by atoms with Crippen LogP contribution in [0.25, 0.3) is 0 Å². The zero-order chi connectivity index (χ0) is 14.5. The van der Waals surface area contributed by atoms with Gasteiger partial charge in [0.25, 0.3) is 0 Å². The topological polar surface area (TPSA) is 30.5 Å². The van der Waals surface area contributed by atoms with E-state index in [4.69, 9.17) is 0 Å². The smallest absolute Gasteiger partial charge is 0.0262 e. The number of rotatable bonds is 3. The normalized spacial score (nSPS) is 34.7. The standard InChI is InChI=1S/C17H34N4/c1-15-4-10-20(11-5-15)14-16-3-7-19-13-17(16)21-9-2-6-18-8-12-21/h15-19H,2-14H2,1H3. The molecule has 0 amide bonds. The molecule has 0 aromatic carbocycles. The molecule has 2 N–H and O–H groups in total. The van der Waals surface area contributed by atoms with Crippen molar-refractivity contribution in [3.63, 3.8) is 0 Å². The molecule has 0 bridgehead atoms. The number of hydrogen-bond donors (Lipinski definition) is 2. The second kappa shape index (κ2) is 7.91. The quantitative estimate of drug-likeness (QED) is 0.813. The summed E-state index contributed by atoms with van der Waals surface area (Å²) in [6.45, 7) is 13.7. The lowest BCUT2D eigenvalue weighted by molar-refractivity contribution is 0.0780. The van der Waals surface area contributed by atoms with E-state index in [0.717, 1.165) is 17.9 Å². The Hall–Kier alpha value is -0.160. The summed E-state index contributed by atoms with van der Waals surface area (Å²) in [5, 5.41) is 7.19. The Balaban J connectivity index is 1.55. The van der Waals surface area contributed by atoms with Crippen molar-refractivity contribution in [2.75, 3.05) is 58.9 Å². The second-order valence-electron chi connectivity index (χ2n) is 7.44. The summed E-state index contributed by atoms with van der Waals surface area (Å²) in [5.41, 5.74) is 0. The van der Waals surface area contributed by atoms with E-state index in [2.05, 4.69) is 27.4 Å². The van der Waals surface area contributed by atoms with E-state index in [-0.39, 0.29) is 0 Å². The van der Waals surface area contributed by atoms with Gasteiger partial charge >= 0.3 is 0 Å². The van der Waals surface area contributed by atoms with Gasteiger partial charge in [-0.25, -0.2) is 0 Å². The molecule has 3 heterocycles. The summed E-state index contributed by atoms with van der Waals surface area (Å²) < 4.78 is 0. The van der Waals surface area contributed by atoms with Gasteiger partial charge in [0.2, 0.25) is 0 Å². The van der Waals surface area contributed by atoms with E-state index < -0.39 is 0 Å². The van der Waals surface area contributed by atoms with E-state index in [1.165, 1.54) is 84.6 Å². The van der Waals surface area contributed by atoms with Gasteiger partial charge in [-0.3, -0.25) is 4.90 Å². The highest BCUT2D eigenvalue weighted by Gasteiger charge is 2.32. The zero-order valence-corrected chi connectivity index (χ0v) is 13.8. The predicted molar refractivity (Wildman–Crippen MR) is 88.7 cm³/mol. The molecule has 0 saturated carbocycles. The molecule has 3 rings (SSSR count). The van der Waals surface area contributed by atoms with Gasteiger partial charge in [0, 0.05) is 32.2 Å². The van der Waals surface area contributed by atoms with Crippen molar-refractivity contribution in [1.29, 1.82) is 0 Å².